The lowest BCUT2D eigenvalue weighted by molar-refractivity contribution is -0.385. The van der Waals surface area contributed by atoms with Gasteiger partial charge in [0.25, 0.3) is 5.69 Å². The molecule has 1 aromatic heterocycles. The highest BCUT2D eigenvalue weighted by atomic mass is 16.7. The average Bonchev–Trinajstić information content (AvgIpc) is 3.28. The summed E-state index contributed by atoms with van der Waals surface area (Å²) in [6, 6.07) is 18.3. The second kappa shape index (κ2) is 7.99. The number of esters is 1. The van der Waals surface area contributed by atoms with Crippen LogP contribution in [-0.2, 0) is 16.1 Å². The smallest absolute Gasteiger partial charge is 0.331 e. The van der Waals surface area contributed by atoms with Gasteiger partial charge < -0.3 is 14.2 Å². The first kappa shape index (κ1) is 19.5. The van der Waals surface area contributed by atoms with E-state index in [4.69, 9.17) is 14.2 Å². The zero-order chi connectivity index (χ0) is 22.1. The maximum atomic E-state index is 12.3. The first-order chi connectivity index (χ1) is 15.6. The summed E-state index contributed by atoms with van der Waals surface area (Å²) < 4.78 is 15.8. The molecule has 5 rings (SSSR count). The standard InChI is InChI=1S/C24H16N2O6/c27-24(10-9-15-11-22-23(32-14-31-22)12-21(15)26(28)29)30-13-20-18-7-2-1-5-16(18)17-6-3-4-8-19(17)25-20/h1-12H,13-14H2/b10-9+. The maximum absolute atomic E-state index is 12.3. The Morgan fingerprint density at radius 3 is 2.50 bits per heavy atom. The van der Waals surface area contributed by atoms with Gasteiger partial charge in [-0.05, 0) is 23.6 Å². The molecule has 32 heavy (non-hydrogen) atoms. The summed E-state index contributed by atoms with van der Waals surface area (Å²) in [7, 11) is 0. The van der Waals surface area contributed by atoms with Gasteiger partial charge in [0.2, 0.25) is 6.79 Å². The van der Waals surface area contributed by atoms with Gasteiger partial charge in [-0.3, -0.25) is 10.1 Å². The van der Waals surface area contributed by atoms with E-state index in [0.717, 1.165) is 27.8 Å². The van der Waals surface area contributed by atoms with Gasteiger partial charge in [-0.25, -0.2) is 9.78 Å². The molecule has 4 aromatic rings. The number of pyridine rings is 1. The van der Waals surface area contributed by atoms with E-state index in [1.165, 1.54) is 18.2 Å². The number of nitro groups is 1. The van der Waals surface area contributed by atoms with Crippen LogP contribution in [0, 0.1) is 10.1 Å². The van der Waals surface area contributed by atoms with Crippen molar-refractivity contribution in [3.8, 4) is 11.5 Å². The van der Waals surface area contributed by atoms with Crippen molar-refractivity contribution in [3.05, 3.63) is 88.1 Å². The summed E-state index contributed by atoms with van der Waals surface area (Å²) in [5.41, 5.74) is 1.46. The lowest BCUT2D eigenvalue weighted by atomic mass is 10.0. The Morgan fingerprint density at radius 1 is 1.03 bits per heavy atom. The summed E-state index contributed by atoms with van der Waals surface area (Å²) in [6.07, 6.45) is 2.47. The highest BCUT2D eigenvalue weighted by Gasteiger charge is 2.22. The van der Waals surface area contributed by atoms with Gasteiger partial charge in [0, 0.05) is 16.8 Å². The van der Waals surface area contributed by atoms with E-state index in [9.17, 15) is 14.9 Å². The third-order valence-electron chi connectivity index (χ3n) is 5.16. The van der Waals surface area contributed by atoms with E-state index in [1.54, 1.807) is 0 Å². The zero-order valence-electron chi connectivity index (χ0n) is 16.7. The second-order valence-corrected chi connectivity index (χ2v) is 7.08. The molecule has 0 atom stereocenters. The molecule has 8 heteroatoms. The van der Waals surface area contributed by atoms with Crippen molar-refractivity contribution in [1.29, 1.82) is 0 Å². The van der Waals surface area contributed by atoms with Gasteiger partial charge in [-0.15, -0.1) is 0 Å². The van der Waals surface area contributed by atoms with Crippen LogP contribution in [0.2, 0.25) is 0 Å². The number of nitro benzene ring substituents is 1. The summed E-state index contributed by atoms with van der Waals surface area (Å²) in [6.45, 7) is -0.0356. The third kappa shape index (κ3) is 3.58. The molecule has 3 aromatic carbocycles. The predicted molar refractivity (Wildman–Crippen MR) is 117 cm³/mol. The van der Waals surface area contributed by atoms with Crippen LogP contribution < -0.4 is 9.47 Å². The number of hydrogen-bond donors (Lipinski definition) is 0. The van der Waals surface area contributed by atoms with Crippen LogP contribution in [-0.4, -0.2) is 22.7 Å². The Hall–Kier alpha value is -4.46. The van der Waals surface area contributed by atoms with Gasteiger partial charge in [0.1, 0.15) is 6.61 Å². The van der Waals surface area contributed by atoms with Gasteiger partial charge >= 0.3 is 5.97 Å². The van der Waals surface area contributed by atoms with Crippen LogP contribution in [0.25, 0.3) is 27.8 Å². The molecule has 2 heterocycles. The quantitative estimate of drug-likeness (QED) is 0.148. The molecule has 0 amide bonds. The fourth-order valence-corrected chi connectivity index (χ4v) is 3.67. The molecule has 8 nitrogen and oxygen atoms in total. The average molecular weight is 428 g/mol. The number of hydrogen-bond acceptors (Lipinski definition) is 7. The number of rotatable bonds is 5. The van der Waals surface area contributed by atoms with Crippen molar-refractivity contribution in [1.82, 2.24) is 4.98 Å². The van der Waals surface area contributed by atoms with Crippen LogP contribution in [0.1, 0.15) is 11.3 Å². The summed E-state index contributed by atoms with van der Waals surface area (Å²) in [5.74, 6) is 0.0390. The van der Waals surface area contributed by atoms with E-state index >= 15 is 0 Å². The number of ether oxygens (including phenoxy) is 3. The minimum absolute atomic E-state index is 0.00554. The van der Waals surface area contributed by atoms with Crippen LogP contribution >= 0.6 is 0 Å². The van der Waals surface area contributed by atoms with E-state index in [1.807, 2.05) is 48.5 Å². The fourth-order valence-electron chi connectivity index (χ4n) is 3.67. The lowest BCUT2D eigenvalue weighted by Gasteiger charge is -2.09. The maximum Gasteiger partial charge on any atom is 0.331 e. The molecule has 158 valence electrons. The number of benzene rings is 3. The monoisotopic (exact) mass is 428 g/mol. The lowest BCUT2D eigenvalue weighted by Crippen LogP contribution is -2.03. The highest BCUT2D eigenvalue weighted by molar-refractivity contribution is 6.06. The van der Waals surface area contributed by atoms with E-state index in [0.29, 0.717) is 17.2 Å². The Morgan fingerprint density at radius 2 is 1.72 bits per heavy atom. The molecule has 1 aliphatic heterocycles. The molecular weight excluding hydrogens is 412 g/mol. The Bertz CT molecular complexity index is 1410. The Kier molecular flexibility index (Phi) is 4.87. The second-order valence-electron chi connectivity index (χ2n) is 7.08. The van der Waals surface area contributed by atoms with Crippen LogP contribution in [0.5, 0.6) is 11.5 Å². The molecule has 0 N–H and O–H groups in total. The van der Waals surface area contributed by atoms with Crippen molar-refractivity contribution in [2.75, 3.05) is 6.79 Å². The first-order valence-electron chi connectivity index (χ1n) is 9.79. The number of carbonyl (C=O) groups excluding carboxylic acids is 1. The molecule has 0 radical (unpaired) electrons. The predicted octanol–water partition coefficient (Wildman–Crippen LogP) is 4.78. The highest BCUT2D eigenvalue weighted by Crippen LogP contribution is 2.38. The number of nitrogens with zero attached hydrogens (tertiary/aromatic N) is 2. The summed E-state index contributed by atoms with van der Waals surface area (Å²) >= 11 is 0. The minimum Gasteiger partial charge on any atom is -0.456 e. The van der Waals surface area contributed by atoms with Gasteiger partial charge in [-0.2, -0.15) is 0 Å². The summed E-state index contributed by atoms with van der Waals surface area (Å²) in [5, 5.41) is 14.3. The number of para-hydroxylation sites is 1. The molecule has 0 aliphatic carbocycles. The van der Waals surface area contributed by atoms with Crippen molar-refractivity contribution in [2.45, 2.75) is 6.61 Å². The number of fused-ring (bicyclic) bond motifs is 4. The molecule has 0 saturated carbocycles. The molecule has 0 spiro atoms. The first-order valence-corrected chi connectivity index (χ1v) is 9.79. The molecule has 0 unspecified atom stereocenters. The SMILES string of the molecule is O=C(/C=C/c1cc2c(cc1[N+](=O)[O-])OCO2)OCc1nc2ccccc2c2ccccc12. The van der Waals surface area contributed by atoms with E-state index in [-0.39, 0.29) is 24.7 Å². The van der Waals surface area contributed by atoms with Crippen molar-refractivity contribution in [2.24, 2.45) is 0 Å². The van der Waals surface area contributed by atoms with Crippen molar-refractivity contribution >= 4 is 39.4 Å². The minimum atomic E-state index is -0.643. The van der Waals surface area contributed by atoms with Gasteiger partial charge in [0.05, 0.1) is 27.8 Å². The molecule has 0 bridgehead atoms. The van der Waals surface area contributed by atoms with Crippen molar-refractivity contribution in [3.63, 3.8) is 0 Å². The number of aromatic nitrogens is 1. The Labute approximate surface area is 181 Å². The number of carbonyl (C=O) groups is 1. The van der Waals surface area contributed by atoms with Crippen LogP contribution in [0.15, 0.2) is 66.7 Å². The van der Waals surface area contributed by atoms with Crippen molar-refractivity contribution < 1.29 is 23.9 Å². The molecule has 0 fully saturated rings. The third-order valence-corrected chi connectivity index (χ3v) is 5.16. The van der Waals surface area contributed by atoms with E-state index < -0.39 is 10.9 Å². The fraction of sp³-hybridized carbons (Fsp3) is 0.0833. The van der Waals surface area contributed by atoms with Gasteiger partial charge in [-0.1, -0.05) is 42.5 Å². The Balaban J connectivity index is 1.38. The molecule has 1 aliphatic rings. The molecular formula is C24H16N2O6. The van der Waals surface area contributed by atoms with Crippen LogP contribution in [0.3, 0.4) is 0 Å². The molecule has 0 saturated heterocycles. The topological polar surface area (TPSA) is 101 Å². The summed E-state index contributed by atoms with van der Waals surface area (Å²) in [4.78, 5) is 27.8. The van der Waals surface area contributed by atoms with E-state index in [2.05, 4.69) is 4.98 Å². The zero-order valence-corrected chi connectivity index (χ0v) is 16.7. The van der Waals surface area contributed by atoms with Gasteiger partial charge in [0.15, 0.2) is 11.5 Å². The largest absolute Gasteiger partial charge is 0.456 e. The normalized spacial score (nSPS) is 12.5. The van der Waals surface area contributed by atoms with Crippen LogP contribution in [0.4, 0.5) is 5.69 Å².